The van der Waals surface area contributed by atoms with Gasteiger partial charge in [-0.25, -0.2) is 4.98 Å². The zero-order valence-electron chi connectivity index (χ0n) is 14.4. The number of hydrogen-bond donors (Lipinski definition) is 0. The Labute approximate surface area is 148 Å². The van der Waals surface area contributed by atoms with Gasteiger partial charge in [-0.2, -0.15) is 0 Å². The molecule has 0 saturated heterocycles. The van der Waals surface area contributed by atoms with Crippen LogP contribution in [0.15, 0.2) is 36.4 Å². The molecule has 1 aromatic carbocycles. The Kier molecular flexibility index (Phi) is 4.15. The van der Waals surface area contributed by atoms with Gasteiger partial charge in [0, 0.05) is 30.7 Å². The van der Waals surface area contributed by atoms with Crippen molar-refractivity contribution in [2.75, 3.05) is 0 Å². The molecule has 0 atom stereocenters. The number of pyridine rings is 1. The number of carbonyl (C=O) groups excluding carboxylic acids is 4. The standard InChI is InChI=1S/C19H15NO6/c1-10-8-9-15(25-11(2)21)16(20-10)19(26-12(3)22)17(23)13-6-4-5-7-14(13)18(19)24/h4-9H,1-3H3. The number of aryl methyl sites for hydroxylation is 1. The van der Waals surface area contributed by atoms with Crippen LogP contribution in [0.3, 0.4) is 0 Å². The first kappa shape index (κ1) is 17.5. The zero-order chi connectivity index (χ0) is 19.1. The van der Waals surface area contributed by atoms with E-state index < -0.39 is 29.1 Å². The predicted molar refractivity (Wildman–Crippen MR) is 88.8 cm³/mol. The summed E-state index contributed by atoms with van der Waals surface area (Å²) in [7, 11) is 0. The van der Waals surface area contributed by atoms with Crippen LogP contribution >= 0.6 is 0 Å². The lowest BCUT2D eigenvalue weighted by molar-refractivity contribution is -0.150. The summed E-state index contributed by atoms with van der Waals surface area (Å²) >= 11 is 0. The summed E-state index contributed by atoms with van der Waals surface area (Å²) < 4.78 is 10.4. The number of ether oxygens (including phenoxy) is 2. The van der Waals surface area contributed by atoms with Gasteiger partial charge in [-0.15, -0.1) is 0 Å². The van der Waals surface area contributed by atoms with Crippen LogP contribution in [-0.2, 0) is 19.9 Å². The first-order valence-corrected chi connectivity index (χ1v) is 7.82. The molecule has 0 fully saturated rings. The fourth-order valence-corrected chi connectivity index (χ4v) is 2.97. The minimum atomic E-state index is -2.31. The number of nitrogens with zero attached hydrogens (tertiary/aromatic N) is 1. The fourth-order valence-electron chi connectivity index (χ4n) is 2.97. The summed E-state index contributed by atoms with van der Waals surface area (Å²) in [6.07, 6.45) is 0. The van der Waals surface area contributed by atoms with Gasteiger partial charge < -0.3 is 9.47 Å². The maximum Gasteiger partial charge on any atom is 0.308 e. The third kappa shape index (κ3) is 2.57. The van der Waals surface area contributed by atoms with Crippen LogP contribution < -0.4 is 4.74 Å². The lowest BCUT2D eigenvalue weighted by Gasteiger charge is -2.26. The highest BCUT2D eigenvalue weighted by Gasteiger charge is 2.60. The van der Waals surface area contributed by atoms with Crippen molar-refractivity contribution in [2.45, 2.75) is 26.4 Å². The van der Waals surface area contributed by atoms with E-state index in [1.807, 2.05) is 0 Å². The van der Waals surface area contributed by atoms with E-state index in [4.69, 9.17) is 9.47 Å². The molecule has 7 heteroatoms. The van der Waals surface area contributed by atoms with Crippen molar-refractivity contribution < 1.29 is 28.7 Å². The summed E-state index contributed by atoms with van der Waals surface area (Å²) in [5.41, 5.74) is -1.83. The third-order valence-electron chi connectivity index (χ3n) is 3.94. The van der Waals surface area contributed by atoms with Crippen LogP contribution in [0.4, 0.5) is 0 Å². The third-order valence-corrected chi connectivity index (χ3v) is 3.94. The van der Waals surface area contributed by atoms with Gasteiger partial charge in [-0.3, -0.25) is 19.2 Å². The van der Waals surface area contributed by atoms with E-state index in [-0.39, 0.29) is 22.6 Å². The first-order chi connectivity index (χ1) is 12.3. The van der Waals surface area contributed by atoms with Crippen LogP contribution in [0, 0.1) is 6.92 Å². The second-order valence-electron chi connectivity index (χ2n) is 5.87. The molecule has 0 amide bonds. The molecule has 132 valence electrons. The average Bonchev–Trinajstić information content (AvgIpc) is 2.79. The number of fused-ring (bicyclic) bond motifs is 1. The smallest absolute Gasteiger partial charge is 0.308 e. The van der Waals surface area contributed by atoms with Crippen LogP contribution in [0.2, 0.25) is 0 Å². The molecular weight excluding hydrogens is 338 g/mol. The molecule has 0 unspecified atom stereocenters. The Morgan fingerprint density at radius 1 is 0.923 bits per heavy atom. The molecule has 0 aliphatic heterocycles. The van der Waals surface area contributed by atoms with Gasteiger partial charge in [0.2, 0.25) is 11.6 Å². The molecule has 3 rings (SSSR count). The maximum absolute atomic E-state index is 13.1. The van der Waals surface area contributed by atoms with Crippen molar-refractivity contribution in [3.05, 3.63) is 58.9 Å². The molecule has 0 bridgehead atoms. The highest BCUT2D eigenvalue weighted by molar-refractivity contribution is 6.32. The average molecular weight is 353 g/mol. The van der Waals surface area contributed by atoms with Gasteiger partial charge in [-0.1, -0.05) is 24.3 Å². The van der Waals surface area contributed by atoms with E-state index in [0.717, 1.165) is 6.92 Å². The van der Waals surface area contributed by atoms with Crippen LogP contribution in [0.5, 0.6) is 5.75 Å². The molecule has 0 saturated carbocycles. The Hall–Kier alpha value is -3.35. The quantitative estimate of drug-likeness (QED) is 0.616. The van der Waals surface area contributed by atoms with Gasteiger partial charge in [0.15, 0.2) is 5.75 Å². The number of hydrogen-bond acceptors (Lipinski definition) is 7. The molecule has 26 heavy (non-hydrogen) atoms. The van der Waals surface area contributed by atoms with Gasteiger partial charge in [0.1, 0.15) is 5.69 Å². The van der Waals surface area contributed by atoms with Crippen LogP contribution in [0.25, 0.3) is 0 Å². The van der Waals surface area contributed by atoms with Crippen molar-refractivity contribution in [3.63, 3.8) is 0 Å². The molecule has 1 aliphatic carbocycles. The summed E-state index contributed by atoms with van der Waals surface area (Å²) in [6, 6.07) is 9.12. The summed E-state index contributed by atoms with van der Waals surface area (Å²) in [5, 5.41) is 0. The van der Waals surface area contributed by atoms with Crippen molar-refractivity contribution >= 4 is 23.5 Å². The van der Waals surface area contributed by atoms with E-state index in [1.165, 1.54) is 25.1 Å². The Balaban J connectivity index is 2.32. The molecule has 0 radical (unpaired) electrons. The topological polar surface area (TPSA) is 99.6 Å². The molecule has 0 N–H and O–H groups in total. The number of aromatic nitrogens is 1. The van der Waals surface area contributed by atoms with E-state index in [9.17, 15) is 19.2 Å². The van der Waals surface area contributed by atoms with Crippen molar-refractivity contribution in [1.82, 2.24) is 4.98 Å². The monoisotopic (exact) mass is 353 g/mol. The molecule has 1 heterocycles. The Morgan fingerprint density at radius 2 is 1.50 bits per heavy atom. The second kappa shape index (κ2) is 6.18. The minimum Gasteiger partial charge on any atom is -0.435 e. The number of carbonyl (C=O) groups is 4. The highest BCUT2D eigenvalue weighted by Crippen LogP contribution is 2.43. The fraction of sp³-hybridized carbons (Fsp3) is 0.211. The second-order valence-corrected chi connectivity index (χ2v) is 5.87. The number of esters is 2. The van der Waals surface area contributed by atoms with Crippen molar-refractivity contribution in [1.29, 1.82) is 0 Å². The van der Waals surface area contributed by atoms with Gasteiger partial charge in [0.25, 0.3) is 5.60 Å². The maximum atomic E-state index is 13.1. The van der Waals surface area contributed by atoms with Crippen molar-refractivity contribution in [2.24, 2.45) is 0 Å². The Morgan fingerprint density at radius 3 is 2.00 bits per heavy atom. The van der Waals surface area contributed by atoms with Crippen LogP contribution in [-0.4, -0.2) is 28.5 Å². The van der Waals surface area contributed by atoms with Gasteiger partial charge >= 0.3 is 11.9 Å². The molecular formula is C19H15NO6. The minimum absolute atomic E-state index is 0.112. The zero-order valence-corrected chi connectivity index (χ0v) is 14.4. The number of benzene rings is 1. The lowest BCUT2D eigenvalue weighted by atomic mass is 9.91. The van der Waals surface area contributed by atoms with Gasteiger partial charge in [0.05, 0.1) is 0 Å². The van der Waals surface area contributed by atoms with E-state index in [0.29, 0.717) is 5.69 Å². The molecule has 0 spiro atoms. The summed E-state index contributed by atoms with van der Waals surface area (Å²) in [6.45, 7) is 3.90. The largest absolute Gasteiger partial charge is 0.435 e. The first-order valence-electron chi connectivity index (χ1n) is 7.82. The van der Waals surface area contributed by atoms with Gasteiger partial charge in [-0.05, 0) is 19.1 Å². The number of Topliss-reactive ketones (excluding diaryl/α,β-unsaturated/α-hetero) is 2. The molecule has 2 aromatic rings. The predicted octanol–water partition coefficient (Wildman–Crippen LogP) is 2.15. The number of rotatable bonds is 3. The molecule has 1 aliphatic rings. The highest BCUT2D eigenvalue weighted by atomic mass is 16.6. The normalized spacial score (nSPS) is 14.7. The van der Waals surface area contributed by atoms with E-state index in [1.54, 1.807) is 25.1 Å². The SMILES string of the molecule is CC(=O)Oc1ccc(C)nc1C1(OC(C)=O)C(=O)c2ccccc2C1=O. The van der Waals surface area contributed by atoms with E-state index >= 15 is 0 Å². The number of ketones is 2. The molecule has 7 nitrogen and oxygen atoms in total. The lowest BCUT2D eigenvalue weighted by Crippen LogP contribution is -2.44. The van der Waals surface area contributed by atoms with Crippen molar-refractivity contribution in [3.8, 4) is 5.75 Å². The van der Waals surface area contributed by atoms with Crippen LogP contribution in [0.1, 0.15) is 46.0 Å². The Bertz CT molecular complexity index is 927. The molecule has 1 aromatic heterocycles. The summed E-state index contributed by atoms with van der Waals surface area (Å²) in [4.78, 5) is 53.7. The summed E-state index contributed by atoms with van der Waals surface area (Å²) in [5.74, 6) is -3.06. The van der Waals surface area contributed by atoms with E-state index in [2.05, 4.69) is 4.98 Å².